The molecule has 0 aliphatic heterocycles. The molecule has 1 aromatic carbocycles. The van der Waals surface area contributed by atoms with E-state index >= 15 is 0 Å². The Labute approximate surface area is 118 Å². The maximum Gasteiger partial charge on any atom is 0.00914 e. The molecule has 0 aromatic heterocycles. The van der Waals surface area contributed by atoms with E-state index < -0.39 is 0 Å². The highest BCUT2D eigenvalue weighted by Gasteiger charge is 2.22. The summed E-state index contributed by atoms with van der Waals surface area (Å²) < 4.78 is 0. The Morgan fingerprint density at radius 3 is 2.63 bits per heavy atom. The number of aryl methyl sites for hydroxylation is 1. The van der Waals surface area contributed by atoms with Crippen LogP contribution in [0.3, 0.4) is 0 Å². The fourth-order valence-electron chi connectivity index (χ4n) is 3.34. The van der Waals surface area contributed by atoms with E-state index in [4.69, 9.17) is 0 Å². The standard InChI is InChI=1S/C19H26/c1-4-9-17-15(6-3)13-14-16-11-7-8-12-18(16)19(17)10-5-2/h4,7-9,11-12,19H,5-6,10,13-14H2,1-3H3/b9-4-. The molecule has 0 fully saturated rings. The van der Waals surface area contributed by atoms with Crippen molar-refractivity contribution in [2.45, 2.75) is 58.8 Å². The normalized spacial score (nSPS) is 19.6. The van der Waals surface area contributed by atoms with Crippen molar-refractivity contribution in [1.82, 2.24) is 0 Å². The summed E-state index contributed by atoms with van der Waals surface area (Å²) in [4.78, 5) is 0. The highest BCUT2D eigenvalue weighted by Crippen LogP contribution is 2.39. The van der Waals surface area contributed by atoms with Gasteiger partial charge in [-0.15, -0.1) is 0 Å². The van der Waals surface area contributed by atoms with Gasteiger partial charge in [-0.05, 0) is 49.3 Å². The van der Waals surface area contributed by atoms with Crippen LogP contribution in [-0.2, 0) is 6.42 Å². The maximum atomic E-state index is 2.36. The first-order valence-electron chi connectivity index (χ1n) is 7.74. The lowest BCUT2D eigenvalue weighted by Gasteiger charge is -2.21. The van der Waals surface area contributed by atoms with Crippen LogP contribution in [0.4, 0.5) is 0 Å². The van der Waals surface area contributed by atoms with Crippen LogP contribution in [0.2, 0.25) is 0 Å². The topological polar surface area (TPSA) is 0 Å². The number of allylic oxidation sites excluding steroid dienone is 4. The molecule has 0 radical (unpaired) electrons. The zero-order valence-corrected chi connectivity index (χ0v) is 12.6. The Balaban J connectivity index is 2.53. The van der Waals surface area contributed by atoms with Crippen LogP contribution in [0.15, 0.2) is 47.6 Å². The van der Waals surface area contributed by atoms with Gasteiger partial charge in [-0.25, -0.2) is 0 Å². The van der Waals surface area contributed by atoms with Gasteiger partial charge < -0.3 is 0 Å². The summed E-state index contributed by atoms with van der Waals surface area (Å²) in [5.74, 6) is 0.606. The number of rotatable bonds is 4. The van der Waals surface area contributed by atoms with Gasteiger partial charge in [0, 0.05) is 5.92 Å². The first kappa shape index (κ1) is 14.1. The van der Waals surface area contributed by atoms with Crippen molar-refractivity contribution < 1.29 is 0 Å². The monoisotopic (exact) mass is 254 g/mol. The summed E-state index contributed by atoms with van der Waals surface area (Å²) in [7, 11) is 0. The minimum absolute atomic E-state index is 0.606. The molecule has 1 aliphatic carbocycles. The maximum absolute atomic E-state index is 2.36. The first-order valence-corrected chi connectivity index (χ1v) is 7.74. The average molecular weight is 254 g/mol. The zero-order chi connectivity index (χ0) is 13.7. The smallest absolute Gasteiger partial charge is 0.00914 e. The number of fused-ring (bicyclic) bond motifs is 1. The first-order chi connectivity index (χ1) is 9.31. The second-order valence-electron chi connectivity index (χ2n) is 5.45. The largest absolute Gasteiger partial charge is 0.0874 e. The Morgan fingerprint density at radius 1 is 1.16 bits per heavy atom. The van der Waals surface area contributed by atoms with Gasteiger partial charge in [0.1, 0.15) is 0 Å². The quantitative estimate of drug-likeness (QED) is 0.637. The van der Waals surface area contributed by atoms with Gasteiger partial charge in [0.25, 0.3) is 0 Å². The van der Waals surface area contributed by atoms with Gasteiger partial charge in [-0.1, -0.05) is 62.3 Å². The van der Waals surface area contributed by atoms with Crippen molar-refractivity contribution in [1.29, 1.82) is 0 Å². The van der Waals surface area contributed by atoms with Crippen molar-refractivity contribution in [3.8, 4) is 0 Å². The van der Waals surface area contributed by atoms with Crippen molar-refractivity contribution in [3.63, 3.8) is 0 Å². The predicted octanol–water partition coefficient (Wildman–Crippen LogP) is 5.80. The molecule has 102 valence electrons. The molecule has 0 heteroatoms. The van der Waals surface area contributed by atoms with Gasteiger partial charge in [0.2, 0.25) is 0 Å². The van der Waals surface area contributed by atoms with E-state index in [2.05, 4.69) is 57.2 Å². The summed E-state index contributed by atoms with van der Waals surface area (Å²) >= 11 is 0. The molecule has 1 atom stereocenters. The average Bonchev–Trinajstić information content (AvgIpc) is 2.58. The molecule has 0 nitrogen and oxygen atoms in total. The van der Waals surface area contributed by atoms with Gasteiger partial charge in [0.05, 0.1) is 0 Å². The highest BCUT2D eigenvalue weighted by atomic mass is 14.3. The molecule has 0 saturated carbocycles. The molecule has 19 heavy (non-hydrogen) atoms. The van der Waals surface area contributed by atoms with E-state index in [9.17, 15) is 0 Å². The minimum atomic E-state index is 0.606. The van der Waals surface area contributed by atoms with E-state index in [1.54, 1.807) is 22.3 Å². The molecule has 2 rings (SSSR count). The van der Waals surface area contributed by atoms with Crippen LogP contribution in [0.5, 0.6) is 0 Å². The number of hydrogen-bond acceptors (Lipinski definition) is 0. The summed E-state index contributed by atoms with van der Waals surface area (Å²) in [6.07, 6.45) is 10.7. The summed E-state index contributed by atoms with van der Waals surface area (Å²) in [6.45, 7) is 6.74. The van der Waals surface area contributed by atoms with Crippen molar-refractivity contribution in [3.05, 3.63) is 58.7 Å². The molecular weight excluding hydrogens is 228 g/mol. The predicted molar refractivity (Wildman–Crippen MR) is 84.5 cm³/mol. The van der Waals surface area contributed by atoms with Gasteiger partial charge in [-0.3, -0.25) is 0 Å². The molecular formula is C19H26. The lowest BCUT2D eigenvalue weighted by Crippen LogP contribution is -2.04. The lowest BCUT2D eigenvalue weighted by molar-refractivity contribution is 0.689. The van der Waals surface area contributed by atoms with E-state index in [1.807, 2.05) is 0 Å². The molecule has 0 amide bonds. The van der Waals surface area contributed by atoms with Crippen molar-refractivity contribution in [2.75, 3.05) is 0 Å². The fraction of sp³-hybridized carbons (Fsp3) is 0.474. The summed E-state index contributed by atoms with van der Waals surface area (Å²) in [6, 6.07) is 9.06. The second kappa shape index (κ2) is 6.75. The van der Waals surface area contributed by atoms with E-state index in [0.717, 1.165) is 0 Å². The van der Waals surface area contributed by atoms with Crippen LogP contribution >= 0.6 is 0 Å². The van der Waals surface area contributed by atoms with Crippen LogP contribution in [-0.4, -0.2) is 0 Å². The van der Waals surface area contributed by atoms with Crippen LogP contribution in [0.25, 0.3) is 0 Å². The molecule has 1 aromatic rings. The van der Waals surface area contributed by atoms with Crippen molar-refractivity contribution >= 4 is 0 Å². The fourth-order valence-corrected chi connectivity index (χ4v) is 3.34. The lowest BCUT2D eigenvalue weighted by atomic mass is 9.84. The number of benzene rings is 1. The van der Waals surface area contributed by atoms with E-state index in [-0.39, 0.29) is 0 Å². The van der Waals surface area contributed by atoms with E-state index in [0.29, 0.717) is 5.92 Å². The number of hydrogen-bond donors (Lipinski definition) is 0. The third-order valence-electron chi connectivity index (χ3n) is 4.26. The second-order valence-corrected chi connectivity index (χ2v) is 5.45. The Hall–Kier alpha value is -1.30. The third-order valence-corrected chi connectivity index (χ3v) is 4.26. The van der Waals surface area contributed by atoms with Crippen LogP contribution < -0.4 is 0 Å². The summed E-state index contributed by atoms with van der Waals surface area (Å²) in [5.41, 5.74) is 6.39. The molecule has 0 heterocycles. The Kier molecular flexibility index (Phi) is 5.01. The molecule has 0 saturated heterocycles. The van der Waals surface area contributed by atoms with Crippen molar-refractivity contribution in [2.24, 2.45) is 0 Å². The van der Waals surface area contributed by atoms with Crippen LogP contribution in [0.1, 0.15) is 63.5 Å². The van der Waals surface area contributed by atoms with Crippen LogP contribution in [0, 0.1) is 0 Å². The highest BCUT2D eigenvalue weighted by molar-refractivity contribution is 5.44. The Morgan fingerprint density at radius 2 is 1.95 bits per heavy atom. The van der Waals surface area contributed by atoms with Gasteiger partial charge in [0.15, 0.2) is 0 Å². The molecule has 0 bridgehead atoms. The molecule has 1 unspecified atom stereocenters. The molecule has 0 spiro atoms. The minimum Gasteiger partial charge on any atom is -0.0874 e. The SMILES string of the molecule is C/C=C\C1=C(CC)CCc2ccccc2C1CCC. The molecule has 0 N–H and O–H groups in total. The zero-order valence-electron chi connectivity index (χ0n) is 12.6. The van der Waals surface area contributed by atoms with Gasteiger partial charge >= 0.3 is 0 Å². The molecule has 1 aliphatic rings. The Bertz CT molecular complexity index is 477. The summed E-state index contributed by atoms with van der Waals surface area (Å²) in [5, 5.41) is 0. The van der Waals surface area contributed by atoms with E-state index in [1.165, 1.54) is 32.1 Å². The van der Waals surface area contributed by atoms with Gasteiger partial charge in [-0.2, -0.15) is 0 Å². The third kappa shape index (κ3) is 3.00.